The first-order valence-corrected chi connectivity index (χ1v) is 7.50. The third kappa shape index (κ3) is 4.68. The molecule has 0 amide bonds. The fourth-order valence-electron chi connectivity index (χ4n) is 2.69. The summed E-state index contributed by atoms with van der Waals surface area (Å²) in [5, 5.41) is 0.742. The van der Waals surface area contributed by atoms with Crippen molar-refractivity contribution in [3.8, 4) is 5.75 Å². The number of ether oxygens (including phenoxy) is 1. The average molecular weight is 283 g/mol. The van der Waals surface area contributed by atoms with Gasteiger partial charge in [-0.3, -0.25) is 4.90 Å². The molecule has 1 aliphatic heterocycles. The van der Waals surface area contributed by atoms with E-state index in [0.717, 1.165) is 36.9 Å². The molecular weight excluding hydrogens is 260 g/mol. The van der Waals surface area contributed by atoms with E-state index in [1.807, 2.05) is 24.3 Å². The van der Waals surface area contributed by atoms with Crippen LogP contribution in [0.25, 0.3) is 0 Å². The Morgan fingerprint density at radius 1 is 1.26 bits per heavy atom. The normalized spacial score (nSPS) is 20.4. The van der Waals surface area contributed by atoms with Crippen LogP contribution >= 0.6 is 11.6 Å². The molecule has 106 valence electrons. The number of rotatable bonds is 6. The van der Waals surface area contributed by atoms with Crippen molar-refractivity contribution in [3.05, 3.63) is 29.3 Å². The van der Waals surface area contributed by atoms with Crippen molar-refractivity contribution in [1.82, 2.24) is 4.90 Å². The lowest BCUT2D eigenvalue weighted by Gasteiger charge is -2.35. The molecule has 2 N–H and O–H groups in total. The van der Waals surface area contributed by atoms with Gasteiger partial charge in [-0.2, -0.15) is 0 Å². The van der Waals surface area contributed by atoms with Gasteiger partial charge in [0.05, 0.1) is 0 Å². The van der Waals surface area contributed by atoms with Crippen molar-refractivity contribution in [2.45, 2.75) is 31.7 Å². The molecule has 0 bridgehead atoms. The Balaban J connectivity index is 1.75. The molecule has 1 heterocycles. The van der Waals surface area contributed by atoms with Crippen LogP contribution in [-0.4, -0.2) is 37.2 Å². The molecular formula is C15H23ClN2O. The first kappa shape index (κ1) is 14.6. The zero-order valence-electron chi connectivity index (χ0n) is 11.4. The third-order valence-corrected chi connectivity index (χ3v) is 3.96. The molecule has 19 heavy (non-hydrogen) atoms. The fourth-order valence-corrected chi connectivity index (χ4v) is 2.81. The van der Waals surface area contributed by atoms with E-state index in [1.165, 1.54) is 25.8 Å². The van der Waals surface area contributed by atoms with Crippen molar-refractivity contribution >= 4 is 11.6 Å². The monoisotopic (exact) mass is 282 g/mol. The van der Waals surface area contributed by atoms with Gasteiger partial charge in [0, 0.05) is 17.6 Å². The maximum Gasteiger partial charge on any atom is 0.119 e. The van der Waals surface area contributed by atoms with Crippen molar-refractivity contribution in [3.63, 3.8) is 0 Å². The van der Waals surface area contributed by atoms with Gasteiger partial charge in [-0.25, -0.2) is 0 Å². The lowest BCUT2D eigenvalue weighted by atomic mass is 9.99. The van der Waals surface area contributed by atoms with Gasteiger partial charge in [0.1, 0.15) is 12.4 Å². The number of halogens is 1. The van der Waals surface area contributed by atoms with Crippen molar-refractivity contribution in [2.75, 3.05) is 26.2 Å². The lowest BCUT2D eigenvalue weighted by Crippen LogP contribution is -2.42. The number of benzene rings is 1. The number of nitrogens with zero attached hydrogens (tertiary/aromatic N) is 1. The van der Waals surface area contributed by atoms with Crippen LogP contribution in [0.4, 0.5) is 0 Å². The van der Waals surface area contributed by atoms with E-state index >= 15 is 0 Å². The van der Waals surface area contributed by atoms with Gasteiger partial charge in [0.2, 0.25) is 0 Å². The summed E-state index contributed by atoms with van der Waals surface area (Å²) < 4.78 is 5.76. The van der Waals surface area contributed by atoms with Crippen LogP contribution in [0.15, 0.2) is 24.3 Å². The van der Waals surface area contributed by atoms with Crippen LogP contribution in [-0.2, 0) is 0 Å². The zero-order valence-corrected chi connectivity index (χ0v) is 12.1. The maximum absolute atomic E-state index is 5.85. The number of piperidine rings is 1. The summed E-state index contributed by atoms with van der Waals surface area (Å²) in [6, 6.07) is 8.18. The Bertz CT molecular complexity index is 367. The second kappa shape index (κ2) is 7.73. The van der Waals surface area contributed by atoms with Crippen molar-refractivity contribution in [2.24, 2.45) is 5.73 Å². The number of likely N-dealkylation sites (tertiary alicyclic amines) is 1. The molecule has 0 aromatic heterocycles. The Labute approximate surface area is 120 Å². The predicted octanol–water partition coefficient (Wildman–Crippen LogP) is 2.92. The molecule has 0 radical (unpaired) electrons. The number of hydrogen-bond donors (Lipinski definition) is 1. The largest absolute Gasteiger partial charge is 0.492 e. The minimum atomic E-state index is 0.646. The minimum Gasteiger partial charge on any atom is -0.492 e. The van der Waals surface area contributed by atoms with E-state index in [4.69, 9.17) is 22.1 Å². The highest BCUT2D eigenvalue weighted by Crippen LogP contribution is 2.19. The summed E-state index contributed by atoms with van der Waals surface area (Å²) >= 11 is 5.85. The summed E-state index contributed by atoms with van der Waals surface area (Å²) in [6.45, 7) is 3.66. The first-order valence-electron chi connectivity index (χ1n) is 7.12. The molecule has 1 aromatic rings. The molecule has 0 saturated carbocycles. The Kier molecular flexibility index (Phi) is 5.95. The van der Waals surface area contributed by atoms with Gasteiger partial charge in [-0.1, -0.05) is 18.0 Å². The highest BCUT2D eigenvalue weighted by Gasteiger charge is 2.21. The van der Waals surface area contributed by atoms with Gasteiger partial charge in [-0.15, -0.1) is 0 Å². The summed E-state index contributed by atoms with van der Waals surface area (Å²) in [5.41, 5.74) is 5.69. The molecule has 0 spiro atoms. The molecule has 0 aliphatic carbocycles. The minimum absolute atomic E-state index is 0.646. The summed E-state index contributed by atoms with van der Waals surface area (Å²) in [7, 11) is 0. The van der Waals surface area contributed by atoms with Gasteiger partial charge in [0.15, 0.2) is 0 Å². The van der Waals surface area contributed by atoms with E-state index in [1.54, 1.807) is 0 Å². The molecule has 3 nitrogen and oxygen atoms in total. The number of hydrogen-bond acceptors (Lipinski definition) is 3. The summed E-state index contributed by atoms with van der Waals surface area (Å²) in [5.74, 6) is 0.886. The molecule has 4 heteroatoms. The van der Waals surface area contributed by atoms with E-state index in [-0.39, 0.29) is 0 Å². The topological polar surface area (TPSA) is 38.5 Å². The molecule has 1 fully saturated rings. The zero-order chi connectivity index (χ0) is 13.5. The molecule has 1 saturated heterocycles. The Morgan fingerprint density at radius 2 is 2.05 bits per heavy atom. The van der Waals surface area contributed by atoms with E-state index in [9.17, 15) is 0 Å². The van der Waals surface area contributed by atoms with Crippen molar-refractivity contribution in [1.29, 1.82) is 0 Å². The molecule has 1 aliphatic rings. The molecule has 1 atom stereocenters. The fraction of sp³-hybridized carbons (Fsp3) is 0.600. The second-order valence-corrected chi connectivity index (χ2v) is 5.50. The Hall–Kier alpha value is -0.770. The number of nitrogens with two attached hydrogens (primary N) is 1. The molecule has 1 unspecified atom stereocenters. The van der Waals surface area contributed by atoms with E-state index in [0.29, 0.717) is 6.04 Å². The van der Waals surface area contributed by atoms with E-state index in [2.05, 4.69) is 4.90 Å². The third-order valence-electron chi connectivity index (χ3n) is 3.71. The quantitative estimate of drug-likeness (QED) is 0.872. The Morgan fingerprint density at radius 3 is 2.79 bits per heavy atom. The van der Waals surface area contributed by atoms with Gasteiger partial charge in [0.25, 0.3) is 0 Å². The summed E-state index contributed by atoms with van der Waals surface area (Å²) in [4.78, 5) is 2.52. The van der Waals surface area contributed by atoms with Crippen LogP contribution in [0.5, 0.6) is 5.75 Å². The molecule has 1 aromatic carbocycles. The van der Waals surface area contributed by atoms with Crippen LogP contribution in [0, 0.1) is 0 Å². The van der Waals surface area contributed by atoms with Crippen LogP contribution < -0.4 is 10.5 Å². The second-order valence-electron chi connectivity index (χ2n) is 5.07. The van der Waals surface area contributed by atoms with E-state index < -0.39 is 0 Å². The predicted molar refractivity (Wildman–Crippen MR) is 79.8 cm³/mol. The van der Waals surface area contributed by atoms with Crippen LogP contribution in [0.3, 0.4) is 0 Å². The lowest BCUT2D eigenvalue weighted by molar-refractivity contribution is 0.118. The van der Waals surface area contributed by atoms with Gasteiger partial charge in [-0.05, 0) is 56.6 Å². The summed E-state index contributed by atoms with van der Waals surface area (Å²) in [6.07, 6.45) is 5.00. The standard InChI is InChI=1S/C15H23ClN2O/c16-13-4-6-15(7-5-13)19-12-11-18-10-2-1-3-14(18)8-9-17/h4-7,14H,1-3,8-12,17H2. The van der Waals surface area contributed by atoms with Crippen LogP contribution in [0.2, 0.25) is 5.02 Å². The van der Waals surface area contributed by atoms with Crippen molar-refractivity contribution < 1.29 is 4.74 Å². The molecule has 2 rings (SSSR count). The smallest absolute Gasteiger partial charge is 0.119 e. The maximum atomic E-state index is 5.85. The SMILES string of the molecule is NCCC1CCCCN1CCOc1ccc(Cl)cc1. The van der Waals surface area contributed by atoms with Gasteiger partial charge >= 0.3 is 0 Å². The van der Waals surface area contributed by atoms with Gasteiger partial charge < -0.3 is 10.5 Å². The first-order chi connectivity index (χ1) is 9.29. The van der Waals surface area contributed by atoms with Crippen LogP contribution in [0.1, 0.15) is 25.7 Å². The average Bonchev–Trinajstić information content (AvgIpc) is 2.43. The highest BCUT2D eigenvalue weighted by atomic mass is 35.5. The highest BCUT2D eigenvalue weighted by molar-refractivity contribution is 6.30.